The van der Waals surface area contributed by atoms with Crippen LogP contribution >= 0.6 is 11.8 Å². The van der Waals surface area contributed by atoms with Crippen LogP contribution in [0.15, 0.2) is 0 Å². The lowest BCUT2D eigenvalue weighted by molar-refractivity contribution is -0.120. The minimum atomic E-state index is 0.245. The van der Waals surface area contributed by atoms with E-state index in [0.717, 1.165) is 25.1 Å². The number of carbonyl (C=O) groups is 1. The molecule has 3 heteroatoms. The number of carbonyl (C=O) groups excluding carboxylic acids is 1. The fourth-order valence-electron chi connectivity index (χ4n) is 1.15. The van der Waals surface area contributed by atoms with E-state index in [2.05, 4.69) is 12.2 Å². The van der Waals surface area contributed by atoms with Gasteiger partial charge in [0.05, 0.1) is 5.25 Å². The van der Waals surface area contributed by atoms with E-state index < -0.39 is 0 Å². The molecule has 0 saturated carbocycles. The van der Waals surface area contributed by atoms with Gasteiger partial charge in [0.25, 0.3) is 0 Å². The third kappa shape index (κ3) is 2.73. The summed E-state index contributed by atoms with van der Waals surface area (Å²) in [6.45, 7) is 2.90. The zero-order chi connectivity index (χ0) is 8.10. The van der Waals surface area contributed by atoms with Crippen LogP contribution in [0.4, 0.5) is 0 Å². The molecule has 1 amide bonds. The summed E-state index contributed by atoms with van der Waals surface area (Å²) in [6.07, 6.45) is 3.30. The van der Waals surface area contributed by atoms with Crippen molar-refractivity contribution in [1.82, 2.24) is 5.32 Å². The Kier molecular flexibility index (Phi) is 3.77. The van der Waals surface area contributed by atoms with Crippen molar-refractivity contribution in [1.29, 1.82) is 0 Å². The van der Waals surface area contributed by atoms with Gasteiger partial charge in [-0.1, -0.05) is 6.92 Å². The zero-order valence-electron chi connectivity index (χ0n) is 6.93. The van der Waals surface area contributed by atoms with Crippen LogP contribution in [0, 0.1) is 0 Å². The van der Waals surface area contributed by atoms with E-state index >= 15 is 0 Å². The normalized spacial score (nSPS) is 23.5. The first-order chi connectivity index (χ1) is 5.34. The molecule has 1 fully saturated rings. The predicted molar refractivity (Wildman–Crippen MR) is 48.8 cm³/mol. The van der Waals surface area contributed by atoms with Crippen LogP contribution in [0.25, 0.3) is 0 Å². The van der Waals surface area contributed by atoms with Crippen LogP contribution in [0.1, 0.15) is 26.2 Å². The Morgan fingerprint density at radius 2 is 2.55 bits per heavy atom. The van der Waals surface area contributed by atoms with E-state index in [1.807, 2.05) is 0 Å². The average Bonchev–Trinajstić information content (AvgIpc) is 2.52. The molecule has 1 atom stereocenters. The van der Waals surface area contributed by atoms with Crippen LogP contribution in [-0.2, 0) is 4.79 Å². The van der Waals surface area contributed by atoms with Crippen molar-refractivity contribution in [3.05, 3.63) is 0 Å². The summed E-state index contributed by atoms with van der Waals surface area (Å²) in [7, 11) is 0. The molecule has 0 aromatic heterocycles. The maximum Gasteiger partial charge on any atom is 0.233 e. The maximum atomic E-state index is 11.3. The highest BCUT2D eigenvalue weighted by molar-refractivity contribution is 8.00. The summed E-state index contributed by atoms with van der Waals surface area (Å²) in [6, 6.07) is 0. The highest BCUT2D eigenvalue weighted by Gasteiger charge is 2.22. The molecular formula is C8H15NOS. The van der Waals surface area contributed by atoms with E-state index in [1.54, 1.807) is 11.8 Å². The summed E-state index contributed by atoms with van der Waals surface area (Å²) in [5, 5.41) is 3.17. The highest BCUT2D eigenvalue weighted by Crippen LogP contribution is 2.25. The van der Waals surface area contributed by atoms with Crippen LogP contribution in [0.5, 0.6) is 0 Å². The Bertz CT molecular complexity index is 132. The first-order valence-electron chi connectivity index (χ1n) is 4.24. The molecule has 0 spiro atoms. The van der Waals surface area contributed by atoms with Crippen LogP contribution in [0.3, 0.4) is 0 Å². The molecule has 0 aromatic carbocycles. The third-order valence-electron chi connectivity index (χ3n) is 1.77. The van der Waals surface area contributed by atoms with Gasteiger partial charge in [-0.05, 0) is 25.0 Å². The minimum Gasteiger partial charge on any atom is -0.355 e. The van der Waals surface area contributed by atoms with Gasteiger partial charge in [0.1, 0.15) is 0 Å². The summed E-state index contributed by atoms with van der Waals surface area (Å²) in [5.41, 5.74) is 0. The Hall–Kier alpha value is -0.180. The predicted octanol–water partition coefficient (Wildman–Crippen LogP) is 1.41. The van der Waals surface area contributed by atoms with Gasteiger partial charge in [-0.2, -0.15) is 0 Å². The summed E-state index contributed by atoms with van der Waals surface area (Å²) < 4.78 is 0. The second-order valence-electron chi connectivity index (χ2n) is 2.79. The van der Waals surface area contributed by atoms with Gasteiger partial charge in [-0.15, -0.1) is 11.8 Å². The van der Waals surface area contributed by atoms with Crippen molar-refractivity contribution >= 4 is 17.7 Å². The van der Waals surface area contributed by atoms with Gasteiger partial charge in [-0.3, -0.25) is 4.79 Å². The van der Waals surface area contributed by atoms with Crippen molar-refractivity contribution in [2.75, 3.05) is 12.3 Å². The van der Waals surface area contributed by atoms with Crippen molar-refractivity contribution in [3.63, 3.8) is 0 Å². The van der Waals surface area contributed by atoms with Crippen LogP contribution in [-0.4, -0.2) is 23.5 Å². The van der Waals surface area contributed by atoms with E-state index in [9.17, 15) is 4.79 Å². The summed E-state index contributed by atoms with van der Waals surface area (Å²) in [5.74, 6) is 1.40. The van der Waals surface area contributed by atoms with Gasteiger partial charge in [0, 0.05) is 6.54 Å². The van der Waals surface area contributed by atoms with Crippen molar-refractivity contribution in [3.8, 4) is 0 Å². The molecule has 1 unspecified atom stereocenters. The first kappa shape index (κ1) is 8.91. The Morgan fingerprint density at radius 1 is 1.73 bits per heavy atom. The first-order valence-corrected chi connectivity index (χ1v) is 5.28. The largest absolute Gasteiger partial charge is 0.355 e. The van der Waals surface area contributed by atoms with Crippen molar-refractivity contribution in [2.45, 2.75) is 31.4 Å². The highest BCUT2D eigenvalue weighted by atomic mass is 32.2. The van der Waals surface area contributed by atoms with E-state index in [1.165, 1.54) is 6.42 Å². The molecule has 1 N–H and O–H groups in total. The van der Waals surface area contributed by atoms with Crippen LogP contribution in [0.2, 0.25) is 0 Å². The molecule has 11 heavy (non-hydrogen) atoms. The zero-order valence-corrected chi connectivity index (χ0v) is 7.75. The van der Waals surface area contributed by atoms with E-state index in [4.69, 9.17) is 0 Å². The van der Waals surface area contributed by atoms with Gasteiger partial charge >= 0.3 is 0 Å². The van der Waals surface area contributed by atoms with Gasteiger partial charge in [0.2, 0.25) is 5.91 Å². The topological polar surface area (TPSA) is 29.1 Å². The number of nitrogens with one attached hydrogen (secondary N) is 1. The SMILES string of the molecule is CCCNC(=O)C1CCCS1. The molecule has 1 saturated heterocycles. The number of thioether (sulfide) groups is 1. The Labute approximate surface area is 72.1 Å². The quantitative estimate of drug-likeness (QED) is 0.699. The van der Waals surface area contributed by atoms with Gasteiger partial charge < -0.3 is 5.32 Å². The lowest BCUT2D eigenvalue weighted by Gasteiger charge is -2.07. The Balaban J connectivity index is 2.17. The Morgan fingerprint density at radius 3 is 3.09 bits per heavy atom. The van der Waals surface area contributed by atoms with E-state index in [-0.39, 0.29) is 11.2 Å². The van der Waals surface area contributed by atoms with Crippen LogP contribution < -0.4 is 5.32 Å². The molecule has 64 valence electrons. The molecule has 1 aliphatic rings. The molecule has 0 aromatic rings. The number of hydrogen-bond acceptors (Lipinski definition) is 2. The molecule has 1 heterocycles. The summed E-state index contributed by atoms with van der Waals surface area (Å²) >= 11 is 1.79. The number of hydrogen-bond donors (Lipinski definition) is 1. The molecule has 0 radical (unpaired) electrons. The molecule has 0 bridgehead atoms. The smallest absolute Gasteiger partial charge is 0.233 e. The lowest BCUT2D eigenvalue weighted by atomic mass is 10.2. The molecule has 1 rings (SSSR count). The number of rotatable bonds is 3. The van der Waals surface area contributed by atoms with Crippen molar-refractivity contribution in [2.24, 2.45) is 0 Å². The fourth-order valence-corrected chi connectivity index (χ4v) is 2.33. The third-order valence-corrected chi connectivity index (χ3v) is 3.15. The fraction of sp³-hybridized carbons (Fsp3) is 0.875. The molecule has 1 aliphatic heterocycles. The van der Waals surface area contributed by atoms with Gasteiger partial charge in [-0.25, -0.2) is 0 Å². The van der Waals surface area contributed by atoms with Crippen molar-refractivity contribution < 1.29 is 4.79 Å². The maximum absolute atomic E-state index is 11.3. The lowest BCUT2D eigenvalue weighted by Crippen LogP contribution is -2.31. The minimum absolute atomic E-state index is 0.245. The van der Waals surface area contributed by atoms with E-state index in [0.29, 0.717) is 0 Å². The monoisotopic (exact) mass is 173 g/mol. The second-order valence-corrected chi connectivity index (χ2v) is 4.10. The number of amides is 1. The standard InChI is InChI=1S/C8H15NOS/c1-2-5-9-8(10)7-4-3-6-11-7/h7H,2-6H2,1H3,(H,9,10). The molecular weight excluding hydrogens is 158 g/mol. The molecule has 2 nitrogen and oxygen atoms in total. The average molecular weight is 173 g/mol. The molecule has 0 aliphatic carbocycles. The van der Waals surface area contributed by atoms with Gasteiger partial charge in [0.15, 0.2) is 0 Å². The second kappa shape index (κ2) is 4.65. The summed E-state index contributed by atoms with van der Waals surface area (Å²) in [4.78, 5) is 11.3.